The zero-order chi connectivity index (χ0) is 28.4. The normalized spacial score (nSPS) is 12.4. The summed E-state index contributed by atoms with van der Waals surface area (Å²) >= 11 is 6.22. The first-order chi connectivity index (χ1) is 18.6. The highest BCUT2D eigenvalue weighted by molar-refractivity contribution is 7.89. The van der Waals surface area contributed by atoms with Crippen LogP contribution in [0.2, 0.25) is 5.02 Å². The lowest BCUT2D eigenvalue weighted by molar-refractivity contribution is -0.141. The molecular weight excluding hydrogens is 534 g/mol. The quantitative estimate of drug-likeness (QED) is 0.317. The van der Waals surface area contributed by atoms with E-state index in [0.29, 0.717) is 17.9 Å². The van der Waals surface area contributed by atoms with E-state index in [1.165, 1.54) is 11.4 Å². The van der Waals surface area contributed by atoms with Gasteiger partial charge in [0.1, 0.15) is 6.04 Å². The predicted octanol–water partition coefficient (Wildman–Crippen LogP) is 4.91. The largest absolute Gasteiger partial charge is 0.352 e. The third-order valence-electron chi connectivity index (χ3n) is 6.26. The van der Waals surface area contributed by atoms with E-state index in [4.69, 9.17) is 11.6 Å². The van der Waals surface area contributed by atoms with Gasteiger partial charge >= 0.3 is 0 Å². The molecule has 7 nitrogen and oxygen atoms in total. The van der Waals surface area contributed by atoms with Gasteiger partial charge in [0.25, 0.3) is 0 Å². The van der Waals surface area contributed by atoms with Crippen LogP contribution < -0.4 is 5.32 Å². The van der Waals surface area contributed by atoms with Crippen LogP contribution in [0.4, 0.5) is 0 Å². The van der Waals surface area contributed by atoms with Crippen LogP contribution in [0.15, 0.2) is 89.8 Å². The number of nitrogens with one attached hydrogen (secondary N) is 1. The Hall–Kier alpha value is -3.20. The number of rotatable bonds is 13. The van der Waals surface area contributed by atoms with Crippen LogP contribution in [0.3, 0.4) is 0 Å². The van der Waals surface area contributed by atoms with Crippen LogP contribution in [-0.4, -0.2) is 55.1 Å². The topological polar surface area (TPSA) is 86.8 Å². The molecule has 1 atom stereocenters. The van der Waals surface area contributed by atoms with Crippen molar-refractivity contribution in [2.45, 2.75) is 56.6 Å². The Bertz CT molecular complexity index is 1330. The molecule has 3 aromatic rings. The summed E-state index contributed by atoms with van der Waals surface area (Å²) < 4.78 is 27.0. The number of hydrogen-bond acceptors (Lipinski definition) is 4. The van der Waals surface area contributed by atoms with Crippen LogP contribution in [0, 0.1) is 0 Å². The van der Waals surface area contributed by atoms with Crippen LogP contribution in [0.5, 0.6) is 0 Å². The van der Waals surface area contributed by atoms with Crippen molar-refractivity contribution < 1.29 is 18.0 Å². The highest BCUT2D eigenvalue weighted by atomic mass is 35.5. The number of carbonyl (C=O) groups is 2. The van der Waals surface area contributed by atoms with Gasteiger partial charge in [-0.3, -0.25) is 9.59 Å². The van der Waals surface area contributed by atoms with E-state index in [1.54, 1.807) is 47.4 Å². The summed E-state index contributed by atoms with van der Waals surface area (Å²) in [7, 11) is -2.16. The Kier molecular flexibility index (Phi) is 11.1. The van der Waals surface area contributed by atoms with Crippen molar-refractivity contribution in [1.29, 1.82) is 0 Å². The maximum absolute atomic E-state index is 13.7. The van der Waals surface area contributed by atoms with Crippen molar-refractivity contribution >= 4 is 33.4 Å². The molecule has 0 spiro atoms. The van der Waals surface area contributed by atoms with Gasteiger partial charge in [0, 0.05) is 44.0 Å². The van der Waals surface area contributed by atoms with E-state index < -0.39 is 16.1 Å². The average molecular weight is 570 g/mol. The Morgan fingerprint density at radius 2 is 1.51 bits per heavy atom. The van der Waals surface area contributed by atoms with E-state index in [0.717, 1.165) is 11.1 Å². The van der Waals surface area contributed by atoms with Gasteiger partial charge in [0.05, 0.1) is 4.90 Å². The number of nitrogens with zero attached hydrogens (tertiary/aromatic N) is 2. The molecule has 0 aliphatic rings. The minimum Gasteiger partial charge on any atom is -0.352 e. The van der Waals surface area contributed by atoms with Crippen molar-refractivity contribution in [3.05, 3.63) is 101 Å². The fraction of sp³-hybridized carbons (Fsp3) is 0.333. The molecule has 208 valence electrons. The fourth-order valence-electron chi connectivity index (χ4n) is 4.26. The van der Waals surface area contributed by atoms with E-state index in [1.807, 2.05) is 56.3 Å². The fourth-order valence-corrected chi connectivity index (χ4v) is 5.70. The molecule has 0 saturated carbocycles. The maximum atomic E-state index is 13.7. The number of amides is 2. The van der Waals surface area contributed by atoms with Crippen LogP contribution >= 0.6 is 11.6 Å². The summed E-state index contributed by atoms with van der Waals surface area (Å²) in [5.74, 6) is -0.478. The molecule has 0 aromatic heterocycles. The molecule has 0 heterocycles. The summed E-state index contributed by atoms with van der Waals surface area (Å²) in [5.41, 5.74) is 1.73. The van der Waals surface area contributed by atoms with E-state index in [2.05, 4.69) is 5.32 Å². The maximum Gasteiger partial charge on any atom is 0.243 e. The molecule has 0 bridgehead atoms. The minimum atomic E-state index is -3.66. The van der Waals surface area contributed by atoms with Gasteiger partial charge in [0.2, 0.25) is 21.8 Å². The zero-order valence-corrected chi connectivity index (χ0v) is 24.2. The Labute approximate surface area is 236 Å². The monoisotopic (exact) mass is 569 g/mol. The molecule has 0 aliphatic carbocycles. The molecule has 9 heteroatoms. The van der Waals surface area contributed by atoms with Crippen LogP contribution in [-0.2, 0) is 32.6 Å². The first-order valence-electron chi connectivity index (χ1n) is 13.0. The lowest BCUT2D eigenvalue weighted by Crippen LogP contribution is -2.51. The standard InChI is InChI=1S/C30H36ClN3O4S/c1-23(2)32-30(36)28(21-24-12-6-4-7-13-24)34(22-25-14-10-15-26(31)20-25)29(35)18-11-19-33(3)39(37,38)27-16-8-5-9-17-27/h4-10,12-17,20,23,28H,11,18-19,21-22H2,1-3H3,(H,32,36)/t28-/m0/s1. The summed E-state index contributed by atoms with van der Waals surface area (Å²) in [5, 5.41) is 3.50. The minimum absolute atomic E-state index is 0.0788. The Balaban J connectivity index is 1.82. The lowest BCUT2D eigenvalue weighted by atomic mass is 10.0. The lowest BCUT2D eigenvalue weighted by Gasteiger charge is -2.32. The summed E-state index contributed by atoms with van der Waals surface area (Å²) in [4.78, 5) is 28.9. The second kappa shape index (κ2) is 14.3. The highest BCUT2D eigenvalue weighted by Gasteiger charge is 2.31. The number of sulfonamides is 1. The van der Waals surface area contributed by atoms with Gasteiger partial charge in [-0.2, -0.15) is 0 Å². The van der Waals surface area contributed by atoms with Gasteiger partial charge in [0.15, 0.2) is 0 Å². The number of carbonyl (C=O) groups excluding carboxylic acids is 2. The third kappa shape index (κ3) is 8.92. The molecule has 39 heavy (non-hydrogen) atoms. The van der Waals surface area contributed by atoms with Crippen molar-refractivity contribution in [1.82, 2.24) is 14.5 Å². The van der Waals surface area contributed by atoms with Crippen molar-refractivity contribution in [2.75, 3.05) is 13.6 Å². The molecule has 1 N–H and O–H groups in total. The highest BCUT2D eigenvalue weighted by Crippen LogP contribution is 2.20. The first-order valence-corrected chi connectivity index (χ1v) is 14.8. The molecule has 0 fully saturated rings. The smallest absolute Gasteiger partial charge is 0.243 e. The number of benzene rings is 3. The molecule has 0 saturated heterocycles. The molecule has 0 radical (unpaired) electrons. The Morgan fingerprint density at radius 3 is 2.13 bits per heavy atom. The average Bonchev–Trinajstić information content (AvgIpc) is 2.91. The summed E-state index contributed by atoms with van der Waals surface area (Å²) in [6.07, 6.45) is 0.723. The van der Waals surface area contributed by atoms with Gasteiger partial charge < -0.3 is 10.2 Å². The molecule has 3 rings (SSSR count). The molecule has 0 unspecified atom stereocenters. The van der Waals surface area contributed by atoms with Crippen LogP contribution in [0.25, 0.3) is 0 Å². The van der Waals surface area contributed by atoms with E-state index >= 15 is 0 Å². The van der Waals surface area contributed by atoms with Crippen molar-refractivity contribution in [3.8, 4) is 0 Å². The van der Waals surface area contributed by atoms with Gasteiger partial charge in [-0.15, -0.1) is 0 Å². The molecule has 2 amide bonds. The summed E-state index contributed by atoms with van der Waals surface area (Å²) in [6.45, 7) is 4.11. The summed E-state index contributed by atoms with van der Waals surface area (Å²) in [6, 6.07) is 24.1. The third-order valence-corrected chi connectivity index (χ3v) is 8.37. The number of halogens is 1. The van der Waals surface area contributed by atoms with Crippen LogP contribution in [0.1, 0.15) is 37.8 Å². The second-order valence-electron chi connectivity index (χ2n) is 9.76. The van der Waals surface area contributed by atoms with Gasteiger partial charge in [-0.05, 0) is 55.7 Å². The zero-order valence-electron chi connectivity index (χ0n) is 22.6. The number of hydrogen-bond donors (Lipinski definition) is 1. The first kappa shape index (κ1) is 30.3. The SMILES string of the molecule is CC(C)NC(=O)[C@H](Cc1ccccc1)N(Cc1cccc(Cl)c1)C(=O)CCCN(C)S(=O)(=O)c1ccccc1. The van der Waals surface area contributed by atoms with Gasteiger partial charge in [-0.25, -0.2) is 12.7 Å². The second-order valence-corrected chi connectivity index (χ2v) is 12.2. The molecule has 0 aliphatic heterocycles. The molecule has 3 aromatic carbocycles. The predicted molar refractivity (Wildman–Crippen MR) is 155 cm³/mol. The molecular formula is C30H36ClN3O4S. The van der Waals surface area contributed by atoms with Gasteiger partial charge in [-0.1, -0.05) is 72.3 Å². The Morgan fingerprint density at radius 1 is 0.897 bits per heavy atom. The van der Waals surface area contributed by atoms with Crippen molar-refractivity contribution in [2.24, 2.45) is 0 Å². The van der Waals surface area contributed by atoms with Crippen molar-refractivity contribution in [3.63, 3.8) is 0 Å². The van der Waals surface area contributed by atoms with E-state index in [-0.39, 0.29) is 42.3 Å². The van der Waals surface area contributed by atoms with E-state index in [9.17, 15) is 18.0 Å².